The van der Waals surface area contributed by atoms with Crippen molar-refractivity contribution in [2.45, 2.75) is 5.41 Å². The van der Waals surface area contributed by atoms with Gasteiger partial charge in [0.05, 0.1) is 11.1 Å². The van der Waals surface area contributed by atoms with Gasteiger partial charge >= 0.3 is 0 Å². The average Bonchev–Trinajstić information content (AvgIpc) is 3.65. The summed E-state index contributed by atoms with van der Waals surface area (Å²) in [4.78, 5) is 2.46. The topological polar surface area (TPSA) is 3.24 Å². The molecule has 11 rings (SSSR count). The molecule has 0 bridgehead atoms. The van der Waals surface area contributed by atoms with E-state index in [0.717, 1.165) is 17.1 Å². The lowest BCUT2D eigenvalue weighted by Crippen LogP contribution is -2.29. The third-order valence-corrected chi connectivity index (χ3v) is 12.3. The van der Waals surface area contributed by atoms with Gasteiger partial charge in [-0.2, -0.15) is 0 Å². The summed E-state index contributed by atoms with van der Waals surface area (Å²) >= 11 is 0. The second-order valence-corrected chi connectivity index (χ2v) is 15.6. The molecule has 0 spiro atoms. The Bertz CT molecular complexity index is 2960. The minimum absolute atomic E-state index is 0.574. The van der Waals surface area contributed by atoms with Crippen molar-refractivity contribution in [3.05, 3.63) is 271 Å². The van der Waals surface area contributed by atoms with Crippen LogP contribution in [-0.4, -0.2) is 0 Å². The fourth-order valence-corrected chi connectivity index (χ4v) is 9.73. The summed E-state index contributed by atoms with van der Waals surface area (Å²) < 4.78 is 0. The van der Waals surface area contributed by atoms with Gasteiger partial charge in [0.2, 0.25) is 0 Å². The molecule has 0 aliphatic heterocycles. The fourth-order valence-electron chi connectivity index (χ4n) is 9.73. The molecule has 0 amide bonds. The standard InChI is InChI=1S/C59H41N/c1-6-19-42(20-7-1)44-33-37-49(38-34-44)60(50-39-35-45(36-40-50)43-21-8-2-9-22-43)56-41-54-57-51(46-23-10-3-11-24-46)31-18-32-55(57)59(47-25-12-4-13-26-47,48-27-14-5-15-28-48)58(54)53-30-17-16-29-52(53)56/h1-41H. The molecule has 1 aliphatic carbocycles. The summed E-state index contributed by atoms with van der Waals surface area (Å²) in [6.07, 6.45) is 0. The fraction of sp³-hybridized carbons (Fsp3) is 0.0169. The van der Waals surface area contributed by atoms with Crippen LogP contribution in [0.4, 0.5) is 17.1 Å². The quantitative estimate of drug-likeness (QED) is 0.149. The normalized spacial score (nSPS) is 12.5. The van der Waals surface area contributed by atoms with Gasteiger partial charge in [0.25, 0.3) is 0 Å². The average molecular weight is 764 g/mol. The van der Waals surface area contributed by atoms with Gasteiger partial charge in [0, 0.05) is 16.8 Å². The second kappa shape index (κ2) is 14.9. The van der Waals surface area contributed by atoms with Crippen molar-refractivity contribution in [2.24, 2.45) is 0 Å². The van der Waals surface area contributed by atoms with Crippen molar-refractivity contribution in [2.75, 3.05) is 4.90 Å². The number of anilines is 3. The lowest BCUT2D eigenvalue weighted by atomic mass is 9.66. The van der Waals surface area contributed by atoms with E-state index in [4.69, 9.17) is 0 Å². The second-order valence-electron chi connectivity index (χ2n) is 15.6. The van der Waals surface area contributed by atoms with Gasteiger partial charge in [0.15, 0.2) is 0 Å². The molecule has 1 heteroatoms. The zero-order chi connectivity index (χ0) is 39.9. The van der Waals surface area contributed by atoms with E-state index >= 15 is 0 Å². The van der Waals surface area contributed by atoms with Gasteiger partial charge in [-0.25, -0.2) is 0 Å². The predicted molar refractivity (Wildman–Crippen MR) is 252 cm³/mol. The Morgan fingerprint density at radius 3 is 1.22 bits per heavy atom. The Kier molecular flexibility index (Phi) is 8.79. The third-order valence-electron chi connectivity index (χ3n) is 12.3. The largest absolute Gasteiger partial charge is 0.310 e. The maximum atomic E-state index is 2.49. The van der Waals surface area contributed by atoms with Crippen LogP contribution < -0.4 is 4.90 Å². The van der Waals surface area contributed by atoms with Crippen LogP contribution >= 0.6 is 0 Å². The molecular weight excluding hydrogens is 723 g/mol. The molecule has 282 valence electrons. The van der Waals surface area contributed by atoms with Crippen molar-refractivity contribution in [3.63, 3.8) is 0 Å². The van der Waals surface area contributed by atoms with Gasteiger partial charge < -0.3 is 4.90 Å². The Morgan fingerprint density at radius 1 is 0.300 bits per heavy atom. The molecule has 10 aromatic rings. The highest BCUT2D eigenvalue weighted by Gasteiger charge is 2.48. The van der Waals surface area contributed by atoms with Crippen molar-refractivity contribution in [1.82, 2.24) is 0 Å². The van der Waals surface area contributed by atoms with E-state index in [1.807, 2.05) is 0 Å². The van der Waals surface area contributed by atoms with Gasteiger partial charge in [0.1, 0.15) is 0 Å². The molecule has 0 aromatic heterocycles. The molecule has 0 unspecified atom stereocenters. The molecule has 1 nitrogen and oxygen atoms in total. The number of fused-ring (bicyclic) bond motifs is 5. The first-order valence-electron chi connectivity index (χ1n) is 20.8. The van der Waals surface area contributed by atoms with Crippen LogP contribution in [0.1, 0.15) is 22.3 Å². The molecule has 0 saturated heterocycles. The highest BCUT2D eigenvalue weighted by Crippen LogP contribution is 2.61. The number of benzene rings is 10. The van der Waals surface area contributed by atoms with E-state index < -0.39 is 5.41 Å². The van der Waals surface area contributed by atoms with E-state index in [1.165, 1.54) is 77.5 Å². The number of hydrogen-bond acceptors (Lipinski definition) is 1. The molecule has 0 fully saturated rings. The van der Waals surface area contributed by atoms with Crippen molar-refractivity contribution < 1.29 is 0 Å². The minimum atomic E-state index is -0.574. The zero-order valence-electron chi connectivity index (χ0n) is 33.1. The Hall–Kier alpha value is -7.74. The van der Waals surface area contributed by atoms with E-state index in [9.17, 15) is 0 Å². The molecule has 10 aromatic carbocycles. The van der Waals surface area contributed by atoms with Crippen LogP contribution in [0, 0.1) is 0 Å². The molecule has 1 aliphatic rings. The van der Waals surface area contributed by atoms with Crippen LogP contribution in [0.5, 0.6) is 0 Å². The first-order valence-corrected chi connectivity index (χ1v) is 20.8. The Morgan fingerprint density at radius 2 is 0.717 bits per heavy atom. The van der Waals surface area contributed by atoms with Crippen molar-refractivity contribution in [3.8, 4) is 44.5 Å². The SMILES string of the molecule is c1ccc(-c2ccc(N(c3ccc(-c4ccccc4)cc3)c3cc4c(c5ccccc35)C(c3ccccc3)(c3ccccc3)c3cccc(-c5ccccc5)c3-4)cc2)cc1. The minimum Gasteiger partial charge on any atom is -0.310 e. The predicted octanol–water partition coefficient (Wildman–Crippen LogP) is 15.7. The molecule has 0 heterocycles. The summed E-state index contributed by atoms with van der Waals surface area (Å²) in [5, 5.41) is 2.43. The van der Waals surface area contributed by atoms with E-state index in [1.54, 1.807) is 0 Å². The maximum Gasteiger partial charge on any atom is 0.0719 e. The van der Waals surface area contributed by atoms with Gasteiger partial charge in [-0.15, -0.1) is 0 Å². The van der Waals surface area contributed by atoms with Crippen LogP contribution in [0.3, 0.4) is 0 Å². The van der Waals surface area contributed by atoms with Crippen LogP contribution in [-0.2, 0) is 5.41 Å². The van der Waals surface area contributed by atoms with Gasteiger partial charge in [-0.1, -0.05) is 218 Å². The van der Waals surface area contributed by atoms with Crippen molar-refractivity contribution >= 4 is 27.8 Å². The van der Waals surface area contributed by atoms with Gasteiger partial charge in [-0.3, -0.25) is 0 Å². The Labute approximate surface area is 352 Å². The van der Waals surface area contributed by atoms with E-state index in [2.05, 4.69) is 254 Å². The number of nitrogens with zero attached hydrogens (tertiary/aromatic N) is 1. The molecule has 0 atom stereocenters. The first-order chi connectivity index (χ1) is 29.8. The zero-order valence-corrected chi connectivity index (χ0v) is 33.1. The summed E-state index contributed by atoms with van der Waals surface area (Å²) in [6.45, 7) is 0. The molecule has 0 radical (unpaired) electrons. The molecule has 60 heavy (non-hydrogen) atoms. The summed E-state index contributed by atoms with van der Waals surface area (Å²) in [5.74, 6) is 0. The first kappa shape index (κ1) is 35.4. The highest BCUT2D eigenvalue weighted by atomic mass is 15.1. The summed E-state index contributed by atoms with van der Waals surface area (Å²) in [6, 6.07) is 91.1. The lowest BCUT2D eigenvalue weighted by Gasteiger charge is -2.35. The van der Waals surface area contributed by atoms with Crippen LogP contribution in [0.25, 0.3) is 55.3 Å². The van der Waals surface area contributed by atoms with E-state index in [0.29, 0.717) is 0 Å². The lowest BCUT2D eigenvalue weighted by molar-refractivity contribution is 0.775. The van der Waals surface area contributed by atoms with Gasteiger partial charge in [-0.05, 0) is 102 Å². The van der Waals surface area contributed by atoms with E-state index in [-0.39, 0.29) is 0 Å². The highest BCUT2D eigenvalue weighted by molar-refractivity contribution is 6.10. The molecular formula is C59H41N. The third kappa shape index (κ3) is 5.78. The number of hydrogen-bond donors (Lipinski definition) is 0. The van der Waals surface area contributed by atoms with Crippen molar-refractivity contribution in [1.29, 1.82) is 0 Å². The summed E-state index contributed by atoms with van der Waals surface area (Å²) in [7, 11) is 0. The number of rotatable bonds is 8. The maximum absolute atomic E-state index is 2.49. The Balaban J connectivity index is 1.23. The monoisotopic (exact) mass is 763 g/mol. The summed E-state index contributed by atoms with van der Waals surface area (Å²) in [5.41, 5.74) is 17.6. The van der Waals surface area contributed by atoms with Crippen LogP contribution in [0.15, 0.2) is 249 Å². The smallest absolute Gasteiger partial charge is 0.0719 e. The molecule has 0 saturated carbocycles. The van der Waals surface area contributed by atoms with Crippen LogP contribution in [0.2, 0.25) is 0 Å². The molecule has 0 N–H and O–H groups in total.